The number of aryl methyl sites for hydroxylation is 1. The number of hydrogen-bond acceptors (Lipinski definition) is 5. The number of halogens is 1. The summed E-state index contributed by atoms with van der Waals surface area (Å²) in [5, 5.41) is 0. The molecule has 1 aromatic rings. The van der Waals surface area contributed by atoms with Gasteiger partial charge in [-0.15, -0.1) is 11.6 Å². The van der Waals surface area contributed by atoms with E-state index in [2.05, 4.69) is 0 Å². The Balaban J connectivity index is 3.26. The maximum atomic E-state index is 11.8. The van der Waals surface area contributed by atoms with Gasteiger partial charge in [-0.2, -0.15) is 0 Å². The average Bonchev–Trinajstić information content (AvgIpc) is 2.66. The Bertz CT molecular complexity index is 450. The fourth-order valence-corrected chi connectivity index (χ4v) is 1.75. The summed E-state index contributed by atoms with van der Waals surface area (Å²) in [6.45, 7) is 5.34. The van der Waals surface area contributed by atoms with E-state index in [1.165, 1.54) is 0 Å². The molecule has 6 heteroatoms. The highest BCUT2D eigenvalue weighted by Gasteiger charge is 2.29. The molecular formula is C12H15ClO5. The summed E-state index contributed by atoms with van der Waals surface area (Å²) in [4.78, 5) is 23.6. The molecule has 0 bridgehead atoms. The van der Waals surface area contributed by atoms with E-state index < -0.39 is 11.9 Å². The van der Waals surface area contributed by atoms with Crippen LogP contribution in [0.3, 0.4) is 0 Å². The van der Waals surface area contributed by atoms with Crippen LogP contribution in [0.1, 0.15) is 46.1 Å². The minimum atomic E-state index is -0.631. The first-order valence-corrected chi connectivity index (χ1v) is 6.12. The van der Waals surface area contributed by atoms with Crippen molar-refractivity contribution in [2.45, 2.75) is 26.7 Å². The van der Waals surface area contributed by atoms with Crippen LogP contribution in [-0.4, -0.2) is 25.2 Å². The van der Waals surface area contributed by atoms with Crippen molar-refractivity contribution in [1.29, 1.82) is 0 Å². The third kappa shape index (κ3) is 2.85. The summed E-state index contributed by atoms with van der Waals surface area (Å²) in [7, 11) is 0. The van der Waals surface area contributed by atoms with Crippen LogP contribution < -0.4 is 0 Å². The SMILES string of the molecule is CCOC(=O)c1c(C)oc(CCl)c1C(=O)OCC. The van der Waals surface area contributed by atoms with E-state index in [-0.39, 0.29) is 36.0 Å². The molecule has 0 aliphatic rings. The number of alkyl halides is 1. The summed E-state index contributed by atoms with van der Waals surface area (Å²) < 4.78 is 15.1. The topological polar surface area (TPSA) is 65.7 Å². The number of furan rings is 1. The molecule has 5 nitrogen and oxygen atoms in total. The third-order valence-electron chi connectivity index (χ3n) is 2.24. The van der Waals surface area contributed by atoms with Crippen LogP contribution in [-0.2, 0) is 15.4 Å². The maximum Gasteiger partial charge on any atom is 0.342 e. The molecule has 18 heavy (non-hydrogen) atoms. The van der Waals surface area contributed by atoms with Crippen molar-refractivity contribution < 1.29 is 23.5 Å². The van der Waals surface area contributed by atoms with Gasteiger partial charge in [-0.25, -0.2) is 9.59 Å². The number of esters is 2. The number of carbonyl (C=O) groups excluding carboxylic acids is 2. The molecular weight excluding hydrogens is 260 g/mol. The van der Waals surface area contributed by atoms with E-state index in [0.717, 1.165) is 0 Å². The lowest BCUT2D eigenvalue weighted by molar-refractivity contribution is 0.0479. The Morgan fingerprint density at radius 2 is 1.61 bits per heavy atom. The van der Waals surface area contributed by atoms with E-state index in [9.17, 15) is 9.59 Å². The molecule has 0 fully saturated rings. The molecule has 0 saturated carbocycles. The summed E-state index contributed by atoms with van der Waals surface area (Å²) in [6.07, 6.45) is 0. The summed E-state index contributed by atoms with van der Waals surface area (Å²) in [6, 6.07) is 0. The minimum absolute atomic E-state index is 0.0195. The summed E-state index contributed by atoms with van der Waals surface area (Å²) >= 11 is 5.69. The molecule has 1 rings (SSSR count). The van der Waals surface area contributed by atoms with E-state index in [0.29, 0.717) is 5.76 Å². The van der Waals surface area contributed by atoms with Crippen LogP contribution >= 0.6 is 11.6 Å². The van der Waals surface area contributed by atoms with E-state index in [1.54, 1.807) is 20.8 Å². The highest BCUT2D eigenvalue weighted by Crippen LogP contribution is 2.25. The zero-order valence-electron chi connectivity index (χ0n) is 10.5. The Morgan fingerprint density at radius 3 is 2.06 bits per heavy atom. The second-order valence-electron chi connectivity index (χ2n) is 3.41. The molecule has 0 aliphatic carbocycles. The van der Waals surface area contributed by atoms with Gasteiger partial charge >= 0.3 is 11.9 Å². The predicted molar refractivity (Wildman–Crippen MR) is 64.9 cm³/mol. The maximum absolute atomic E-state index is 11.8. The monoisotopic (exact) mass is 274 g/mol. The largest absolute Gasteiger partial charge is 0.463 e. The molecule has 1 aromatic heterocycles. The molecule has 1 heterocycles. The molecule has 100 valence electrons. The highest BCUT2D eigenvalue weighted by atomic mass is 35.5. The van der Waals surface area contributed by atoms with Gasteiger partial charge in [-0.3, -0.25) is 0 Å². The second-order valence-corrected chi connectivity index (χ2v) is 3.67. The molecule has 0 unspecified atom stereocenters. The van der Waals surface area contributed by atoms with Gasteiger partial charge < -0.3 is 13.9 Å². The summed E-state index contributed by atoms with van der Waals surface area (Å²) in [5.74, 6) is -0.747. The van der Waals surface area contributed by atoms with Gasteiger partial charge in [-0.05, 0) is 20.8 Å². The number of rotatable bonds is 5. The summed E-state index contributed by atoms with van der Waals surface area (Å²) in [5.41, 5.74) is 0.147. The smallest absolute Gasteiger partial charge is 0.342 e. The Labute approximate surface area is 110 Å². The second kappa shape index (κ2) is 6.44. The standard InChI is InChI=1S/C12H15ClO5/c1-4-16-11(14)9-7(3)18-8(6-13)10(9)12(15)17-5-2/h4-6H2,1-3H3. The van der Waals surface area contributed by atoms with Crippen LogP contribution in [0.4, 0.5) is 0 Å². The molecule has 0 saturated heterocycles. The van der Waals surface area contributed by atoms with Gasteiger partial charge in [0.05, 0.1) is 19.1 Å². The molecule has 0 N–H and O–H groups in total. The number of carbonyl (C=O) groups is 2. The lowest BCUT2D eigenvalue weighted by Gasteiger charge is -2.04. The van der Waals surface area contributed by atoms with Crippen molar-refractivity contribution in [3.63, 3.8) is 0 Å². The number of ether oxygens (including phenoxy) is 2. The third-order valence-corrected chi connectivity index (χ3v) is 2.48. The van der Waals surface area contributed by atoms with Crippen LogP contribution in [0.15, 0.2) is 4.42 Å². The van der Waals surface area contributed by atoms with Crippen molar-refractivity contribution in [2.24, 2.45) is 0 Å². The van der Waals surface area contributed by atoms with Gasteiger partial charge in [0.2, 0.25) is 0 Å². The first-order valence-electron chi connectivity index (χ1n) is 5.59. The molecule has 0 amide bonds. The van der Waals surface area contributed by atoms with Crippen molar-refractivity contribution in [3.05, 3.63) is 22.6 Å². The van der Waals surface area contributed by atoms with Crippen molar-refractivity contribution in [3.8, 4) is 0 Å². The molecule has 0 aromatic carbocycles. The molecule has 0 radical (unpaired) electrons. The van der Waals surface area contributed by atoms with E-state index in [4.69, 9.17) is 25.5 Å². The zero-order valence-corrected chi connectivity index (χ0v) is 11.3. The Morgan fingerprint density at radius 1 is 1.11 bits per heavy atom. The van der Waals surface area contributed by atoms with Crippen LogP contribution in [0.2, 0.25) is 0 Å². The van der Waals surface area contributed by atoms with Crippen molar-refractivity contribution >= 4 is 23.5 Å². The normalized spacial score (nSPS) is 10.2. The number of hydrogen-bond donors (Lipinski definition) is 0. The van der Waals surface area contributed by atoms with Gasteiger partial charge in [0.15, 0.2) is 0 Å². The van der Waals surface area contributed by atoms with Crippen molar-refractivity contribution in [1.82, 2.24) is 0 Å². The Kier molecular flexibility index (Phi) is 5.22. The van der Waals surface area contributed by atoms with E-state index in [1.807, 2.05) is 0 Å². The molecule has 0 atom stereocenters. The van der Waals surface area contributed by atoms with Gasteiger partial charge in [0.25, 0.3) is 0 Å². The molecule has 0 aliphatic heterocycles. The average molecular weight is 275 g/mol. The quantitative estimate of drug-likeness (QED) is 0.610. The van der Waals surface area contributed by atoms with E-state index >= 15 is 0 Å². The first kappa shape index (κ1) is 14.6. The fourth-order valence-electron chi connectivity index (χ4n) is 1.56. The highest BCUT2D eigenvalue weighted by molar-refractivity contribution is 6.18. The molecule has 0 spiro atoms. The minimum Gasteiger partial charge on any atom is -0.463 e. The Hall–Kier alpha value is -1.49. The van der Waals surface area contributed by atoms with Gasteiger partial charge in [-0.1, -0.05) is 0 Å². The van der Waals surface area contributed by atoms with Crippen LogP contribution in [0, 0.1) is 6.92 Å². The van der Waals surface area contributed by atoms with Crippen LogP contribution in [0.25, 0.3) is 0 Å². The van der Waals surface area contributed by atoms with Gasteiger partial charge in [0, 0.05) is 0 Å². The predicted octanol–water partition coefficient (Wildman–Crippen LogP) is 2.68. The lowest BCUT2D eigenvalue weighted by Crippen LogP contribution is -2.14. The van der Waals surface area contributed by atoms with Crippen molar-refractivity contribution in [2.75, 3.05) is 13.2 Å². The lowest BCUT2D eigenvalue weighted by atomic mass is 10.1. The zero-order chi connectivity index (χ0) is 13.7. The van der Waals surface area contributed by atoms with Gasteiger partial charge in [0.1, 0.15) is 22.6 Å². The first-order chi connectivity index (χ1) is 8.56. The fraction of sp³-hybridized carbons (Fsp3) is 0.500. The van der Waals surface area contributed by atoms with Crippen LogP contribution in [0.5, 0.6) is 0 Å².